The molecule has 1 heterocycles. The van der Waals surface area contributed by atoms with Crippen LogP contribution in [0, 0.1) is 0 Å². The van der Waals surface area contributed by atoms with Crippen LogP contribution in [0.2, 0.25) is 0 Å². The highest BCUT2D eigenvalue weighted by molar-refractivity contribution is 6.02. The van der Waals surface area contributed by atoms with Crippen LogP contribution in [0.5, 0.6) is 5.75 Å². The van der Waals surface area contributed by atoms with Gasteiger partial charge in [-0.05, 0) is 61.4 Å². The molecule has 0 fully saturated rings. The van der Waals surface area contributed by atoms with Crippen LogP contribution in [0.25, 0.3) is 6.08 Å². The lowest BCUT2D eigenvalue weighted by atomic mass is 10.1. The van der Waals surface area contributed by atoms with Gasteiger partial charge in [-0.25, -0.2) is 0 Å². The zero-order valence-corrected chi connectivity index (χ0v) is 15.0. The summed E-state index contributed by atoms with van der Waals surface area (Å²) in [5.74, 6) is 0.814. The Hall–Kier alpha value is -2.75. The highest BCUT2D eigenvalue weighted by atomic mass is 16.5. The van der Waals surface area contributed by atoms with E-state index in [1.807, 2.05) is 49.5 Å². The van der Waals surface area contributed by atoms with Crippen molar-refractivity contribution < 1.29 is 9.53 Å². The molecular weight excluding hydrogens is 312 g/mol. The molecule has 0 aliphatic carbocycles. The van der Waals surface area contributed by atoms with E-state index in [-0.39, 0.29) is 5.91 Å². The fraction of sp³-hybridized carbons (Fsp3) is 0.286. The van der Waals surface area contributed by atoms with Crippen LogP contribution in [0.1, 0.15) is 25.0 Å². The van der Waals surface area contributed by atoms with Crippen LogP contribution in [0.3, 0.4) is 0 Å². The van der Waals surface area contributed by atoms with Gasteiger partial charge in [0, 0.05) is 37.0 Å². The molecule has 1 amide bonds. The highest BCUT2D eigenvalue weighted by Gasteiger charge is 2.11. The highest BCUT2D eigenvalue weighted by Crippen LogP contribution is 2.26. The minimum atomic E-state index is -0.138. The summed E-state index contributed by atoms with van der Waals surface area (Å²) in [6.45, 7) is 5.01. The first kappa shape index (κ1) is 17.1. The second-order valence-corrected chi connectivity index (χ2v) is 6.54. The van der Waals surface area contributed by atoms with Crippen LogP contribution in [-0.2, 0) is 11.2 Å². The molecule has 1 aliphatic heterocycles. The van der Waals surface area contributed by atoms with Gasteiger partial charge in [-0.1, -0.05) is 12.1 Å². The van der Waals surface area contributed by atoms with Gasteiger partial charge in [-0.2, -0.15) is 0 Å². The molecule has 4 nitrogen and oxygen atoms in total. The fourth-order valence-corrected chi connectivity index (χ4v) is 2.77. The lowest BCUT2D eigenvalue weighted by Gasteiger charge is -2.24. The van der Waals surface area contributed by atoms with Gasteiger partial charge in [-0.3, -0.25) is 4.79 Å². The van der Waals surface area contributed by atoms with Crippen LogP contribution < -0.4 is 15.0 Å². The maximum atomic E-state index is 12.2. The number of hydrogen-bond donors (Lipinski definition) is 1. The number of carbonyl (C=O) groups is 1. The summed E-state index contributed by atoms with van der Waals surface area (Å²) < 4.78 is 5.50. The van der Waals surface area contributed by atoms with Gasteiger partial charge in [0.15, 0.2) is 0 Å². The molecule has 0 unspecified atom stereocenters. The molecule has 0 bridgehead atoms. The average molecular weight is 336 g/mol. The van der Waals surface area contributed by atoms with E-state index >= 15 is 0 Å². The Morgan fingerprint density at radius 3 is 2.88 bits per heavy atom. The van der Waals surface area contributed by atoms with Crippen molar-refractivity contribution in [3.63, 3.8) is 0 Å². The summed E-state index contributed by atoms with van der Waals surface area (Å²) in [5, 5.41) is 2.92. The quantitative estimate of drug-likeness (QED) is 0.835. The van der Waals surface area contributed by atoms with Crippen molar-refractivity contribution in [3.05, 3.63) is 59.7 Å². The van der Waals surface area contributed by atoms with Gasteiger partial charge >= 0.3 is 0 Å². The third-order valence-corrected chi connectivity index (χ3v) is 4.44. The zero-order valence-electron chi connectivity index (χ0n) is 15.0. The smallest absolute Gasteiger partial charge is 0.248 e. The molecule has 2 aromatic rings. The number of hydrogen-bond acceptors (Lipinski definition) is 3. The lowest BCUT2D eigenvalue weighted by Crippen LogP contribution is -2.25. The van der Waals surface area contributed by atoms with E-state index in [0.29, 0.717) is 6.04 Å². The number of nitrogens with one attached hydrogen (secondary N) is 1. The number of carbonyl (C=O) groups excluding carboxylic acids is 1. The molecule has 0 atom stereocenters. The largest absolute Gasteiger partial charge is 0.493 e. The van der Waals surface area contributed by atoms with Crippen molar-refractivity contribution in [2.45, 2.75) is 26.3 Å². The van der Waals surface area contributed by atoms with Gasteiger partial charge < -0.3 is 15.0 Å². The maximum Gasteiger partial charge on any atom is 0.248 e. The molecule has 2 aromatic carbocycles. The number of ether oxygens (including phenoxy) is 1. The zero-order chi connectivity index (χ0) is 17.8. The summed E-state index contributed by atoms with van der Waals surface area (Å²) in [4.78, 5) is 14.4. The topological polar surface area (TPSA) is 41.6 Å². The van der Waals surface area contributed by atoms with E-state index in [9.17, 15) is 4.79 Å². The monoisotopic (exact) mass is 336 g/mol. The summed E-state index contributed by atoms with van der Waals surface area (Å²) >= 11 is 0. The number of amides is 1. The Kier molecular flexibility index (Phi) is 5.08. The second kappa shape index (κ2) is 7.43. The van der Waals surface area contributed by atoms with Gasteiger partial charge in [0.2, 0.25) is 5.91 Å². The molecule has 25 heavy (non-hydrogen) atoms. The van der Waals surface area contributed by atoms with E-state index in [1.165, 1.54) is 5.56 Å². The van der Waals surface area contributed by atoms with E-state index in [0.717, 1.165) is 35.7 Å². The molecule has 0 saturated heterocycles. The number of fused-ring (bicyclic) bond motifs is 1. The molecule has 4 heteroatoms. The molecule has 0 spiro atoms. The van der Waals surface area contributed by atoms with E-state index in [2.05, 4.69) is 30.1 Å². The van der Waals surface area contributed by atoms with Crippen molar-refractivity contribution in [3.8, 4) is 5.75 Å². The SMILES string of the molecule is CC(C)N(C)c1cccc(NC(=O)/C=C/c2ccc3c(c2)CCO3)c1. The first-order chi connectivity index (χ1) is 12.0. The molecule has 0 saturated carbocycles. The molecule has 130 valence electrons. The first-order valence-electron chi connectivity index (χ1n) is 8.60. The second-order valence-electron chi connectivity index (χ2n) is 6.54. The normalized spacial score (nSPS) is 13.0. The van der Waals surface area contributed by atoms with E-state index in [1.54, 1.807) is 6.08 Å². The fourth-order valence-electron chi connectivity index (χ4n) is 2.77. The molecule has 0 aromatic heterocycles. The number of benzene rings is 2. The Labute approximate surface area is 149 Å². The average Bonchev–Trinajstić information content (AvgIpc) is 3.07. The lowest BCUT2D eigenvalue weighted by molar-refractivity contribution is -0.111. The van der Waals surface area contributed by atoms with Crippen molar-refractivity contribution in [2.75, 3.05) is 23.9 Å². The first-order valence-corrected chi connectivity index (χ1v) is 8.60. The van der Waals surface area contributed by atoms with Crippen LogP contribution in [0.4, 0.5) is 11.4 Å². The summed E-state index contributed by atoms with van der Waals surface area (Å²) in [7, 11) is 2.04. The van der Waals surface area contributed by atoms with Crippen molar-refractivity contribution >= 4 is 23.4 Å². The summed E-state index contributed by atoms with van der Waals surface area (Å²) in [5.41, 5.74) is 4.08. The maximum absolute atomic E-state index is 12.2. The minimum absolute atomic E-state index is 0.138. The third kappa shape index (κ3) is 4.21. The standard InChI is InChI=1S/C21H24N2O2/c1-15(2)23(3)19-6-4-5-18(14-19)22-21(24)10-8-16-7-9-20-17(13-16)11-12-25-20/h4-10,13-15H,11-12H2,1-3H3,(H,22,24)/b10-8+. The van der Waals surface area contributed by atoms with Gasteiger partial charge in [0.25, 0.3) is 0 Å². The van der Waals surface area contributed by atoms with Crippen LogP contribution in [0.15, 0.2) is 48.5 Å². The predicted octanol–water partition coefficient (Wildman–Crippen LogP) is 4.12. The Morgan fingerprint density at radius 2 is 2.08 bits per heavy atom. The minimum Gasteiger partial charge on any atom is -0.493 e. The molecule has 3 rings (SSSR count). The number of anilines is 2. The number of rotatable bonds is 5. The molecule has 1 aliphatic rings. The van der Waals surface area contributed by atoms with Crippen LogP contribution in [-0.4, -0.2) is 25.6 Å². The van der Waals surface area contributed by atoms with Crippen molar-refractivity contribution in [2.24, 2.45) is 0 Å². The number of nitrogens with zero attached hydrogens (tertiary/aromatic N) is 1. The van der Waals surface area contributed by atoms with Crippen molar-refractivity contribution in [1.29, 1.82) is 0 Å². The van der Waals surface area contributed by atoms with Crippen molar-refractivity contribution in [1.82, 2.24) is 0 Å². The van der Waals surface area contributed by atoms with Gasteiger partial charge in [-0.15, -0.1) is 0 Å². The Balaban J connectivity index is 1.65. The molecule has 1 N–H and O–H groups in total. The summed E-state index contributed by atoms with van der Waals surface area (Å²) in [6, 6.07) is 14.3. The predicted molar refractivity (Wildman–Crippen MR) is 103 cm³/mol. The van der Waals surface area contributed by atoms with E-state index < -0.39 is 0 Å². The summed E-state index contributed by atoms with van der Waals surface area (Å²) in [6.07, 6.45) is 4.33. The van der Waals surface area contributed by atoms with Gasteiger partial charge in [0.1, 0.15) is 5.75 Å². The van der Waals surface area contributed by atoms with E-state index in [4.69, 9.17) is 4.74 Å². The van der Waals surface area contributed by atoms with Crippen LogP contribution >= 0.6 is 0 Å². The van der Waals surface area contributed by atoms with Gasteiger partial charge in [0.05, 0.1) is 6.61 Å². The molecular formula is C21H24N2O2. The third-order valence-electron chi connectivity index (χ3n) is 4.44. The Bertz CT molecular complexity index is 796. The molecule has 0 radical (unpaired) electrons. The Morgan fingerprint density at radius 1 is 1.24 bits per heavy atom.